The van der Waals surface area contributed by atoms with Gasteiger partial charge in [-0.15, -0.1) is 0 Å². The largest absolute Gasteiger partial charge is 0.0616 e. The topological polar surface area (TPSA) is 0 Å². The van der Waals surface area contributed by atoms with Crippen LogP contribution in [0.4, 0.5) is 0 Å². The molecule has 49 heavy (non-hydrogen) atoms. The molecule has 11 rings (SSSR count). The standard InChI is InChI=1S/C49H32/c1-49(2)47-37-25-22-34(28-35(37)23-27-43(47)46-40-12-5-3-10-38(40)39-11-4-6-13-42(39)48(46)49)29-14-16-30(17-15-29)36-24-20-33-19-18-31-8-7-9-32-21-26-41(36)45(33)44(31)32/h3-28H,1-2H3. The number of rotatable bonds is 2. The smallest absolute Gasteiger partial charge is 0.0171 e. The third-order valence-electron chi connectivity index (χ3n) is 11.5. The van der Waals surface area contributed by atoms with Crippen molar-refractivity contribution >= 4 is 64.6 Å². The van der Waals surface area contributed by atoms with Crippen LogP contribution in [0.5, 0.6) is 0 Å². The summed E-state index contributed by atoms with van der Waals surface area (Å²) in [4.78, 5) is 0. The number of fused-ring (bicyclic) bond motifs is 10. The lowest BCUT2D eigenvalue weighted by molar-refractivity contribution is 0.672. The molecule has 0 atom stereocenters. The Balaban J connectivity index is 1.03. The van der Waals surface area contributed by atoms with Gasteiger partial charge in [0.25, 0.3) is 0 Å². The first-order chi connectivity index (χ1) is 24.1. The van der Waals surface area contributed by atoms with E-state index in [0.717, 1.165) is 0 Å². The average Bonchev–Trinajstić information content (AvgIpc) is 3.41. The van der Waals surface area contributed by atoms with Crippen LogP contribution in [0, 0.1) is 0 Å². The summed E-state index contributed by atoms with van der Waals surface area (Å²) in [6, 6.07) is 59.2. The molecule has 0 aliphatic heterocycles. The minimum Gasteiger partial charge on any atom is -0.0616 e. The molecule has 0 radical (unpaired) electrons. The molecule has 0 spiro atoms. The lowest BCUT2D eigenvalue weighted by Gasteiger charge is -2.25. The van der Waals surface area contributed by atoms with Crippen molar-refractivity contribution < 1.29 is 0 Å². The van der Waals surface area contributed by atoms with Gasteiger partial charge in [-0.1, -0.05) is 166 Å². The van der Waals surface area contributed by atoms with Gasteiger partial charge in [0, 0.05) is 5.41 Å². The minimum atomic E-state index is -0.127. The second kappa shape index (κ2) is 9.56. The van der Waals surface area contributed by atoms with E-state index in [9.17, 15) is 0 Å². The molecule has 10 aromatic rings. The van der Waals surface area contributed by atoms with Gasteiger partial charge in [-0.05, 0) is 115 Å². The molecule has 228 valence electrons. The fraction of sp³-hybridized carbons (Fsp3) is 0.0612. The number of hydrogen-bond donors (Lipinski definition) is 0. The average molecular weight is 621 g/mol. The van der Waals surface area contributed by atoms with Gasteiger partial charge in [0.05, 0.1) is 0 Å². The molecule has 0 heteroatoms. The molecule has 0 fully saturated rings. The van der Waals surface area contributed by atoms with Crippen LogP contribution in [0.1, 0.15) is 25.0 Å². The first kappa shape index (κ1) is 27.0. The highest BCUT2D eigenvalue weighted by atomic mass is 14.4. The van der Waals surface area contributed by atoms with Gasteiger partial charge in [0.1, 0.15) is 0 Å². The van der Waals surface area contributed by atoms with E-state index in [1.165, 1.54) is 109 Å². The minimum absolute atomic E-state index is 0.127. The maximum Gasteiger partial charge on any atom is 0.0171 e. The molecule has 0 N–H and O–H groups in total. The Morgan fingerprint density at radius 2 is 0.878 bits per heavy atom. The van der Waals surface area contributed by atoms with Gasteiger partial charge >= 0.3 is 0 Å². The highest BCUT2D eigenvalue weighted by Crippen LogP contribution is 2.56. The molecule has 0 saturated heterocycles. The third-order valence-corrected chi connectivity index (χ3v) is 11.5. The summed E-state index contributed by atoms with van der Waals surface area (Å²) >= 11 is 0. The second-order valence-electron chi connectivity index (χ2n) is 14.4. The van der Waals surface area contributed by atoms with Crippen molar-refractivity contribution in [2.75, 3.05) is 0 Å². The third kappa shape index (κ3) is 3.58. The molecule has 0 amide bonds. The predicted octanol–water partition coefficient (Wildman–Crippen LogP) is 13.7. The van der Waals surface area contributed by atoms with E-state index in [4.69, 9.17) is 0 Å². The van der Waals surface area contributed by atoms with Gasteiger partial charge in [0.2, 0.25) is 0 Å². The van der Waals surface area contributed by atoms with Gasteiger partial charge in [-0.2, -0.15) is 0 Å². The maximum absolute atomic E-state index is 2.42. The van der Waals surface area contributed by atoms with Crippen LogP contribution in [-0.2, 0) is 5.41 Å². The van der Waals surface area contributed by atoms with Gasteiger partial charge in [-0.25, -0.2) is 0 Å². The van der Waals surface area contributed by atoms with E-state index in [2.05, 4.69) is 172 Å². The Morgan fingerprint density at radius 1 is 0.327 bits per heavy atom. The zero-order valence-electron chi connectivity index (χ0n) is 27.5. The molecule has 0 saturated carbocycles. The van der Waals surface area contributed by atoms with Gasteiger partial charge in [0.15, 0.2) is 0 Å². The van der Waals surface area contributed by atoms with E-state index in [1.54, 1.807) is 0 Å². The predicted molar refractivity (Wildman–Crippen MR) is 211 cm³/mol. The van der Waals surface area contributed by atoms with E-state index >= 15 is 0 Å². The summed E-state index contributed by atoms with van der Waals surface area (Å²) in [5.74, 6) is 0. The summed E-state index contributed by atoms with van der Waals surface area (Å²) < 4.78 is 0. The Labute approximate surface area is 285 Å². The Hall–Kier alpha value is -5.98. The normalized spacial score (nSPS) is 13.7. The van der Waals surface area contributed by atoms with E-state index in [-0.39, 0.29) is 5.41 Å². The van der Waals surface area contributed by atoms with E-state index in [0.29, 0.717) is 0 Å². The van der Waals surface area contributed by atoms with Crippen LogP contribution in [-0.4, -0.2) is 0 Å². The molecular weight excluding hydrogens is 589 g/mol. The van der Waals surface area contributed by atoms with Crippen LogP contribution >= 0.6 is 0 Å². The van der Waals surface area contributed by atoms with Crippen LogP contribution in [0.2, 0.25) is 0 Å². The number of hydrogen-bond acceptors (Lipinski definition) is 0. The summed E-state index contributed by atoms with van der Waals surface area (Å²) in [6.45, 7) is 4.84. The number of benzene rings is 10. The Kier molecular flexibility index (Phi) is 5.27. The summed E-state index contributed by atoms with van der Waals surface area (Å²) in [5, 5.41) is 16.0. The van der Waals surface area contributed by atoms with E-state index < -0.39 is 0 Å². The van der Waals surface area contributed by atoms with Crippen molar-refractivity contribution in [2.24, 2.45) is 0 Å². The van der Waals surface area contributed by atoms with E-state index in [1.807, 2.05) is 0 Å². The fourth-order valence-corrected chi connectivity index (χ4v) is 9.42. The van der Waals surface area contributed by atoms with Crippen molar-refractivity contribution in [3.8, 4) is 33.4 Å². The highest BCUT2D eigenvalue weighted by molar-refractivity contribution is 6.25. The molecule has 1 aliphatic rings. The lowest BCUT2D eigenvalue weighted by atomic mass is 9.77. The molecule has 0 heterocycles. The van der Waals surface area contributed by atoms with Crippen LogP contribution in [0.3, 0.4) is 0 Å². The Bertz CT molecular complexity index is 2980. The van der Waals surface area contributed by atoms with Crippen LogP contribution in [0.25, 0.3) is 98.0 Å². The zero-order chi connectivity index (χ0) is 32.4. The SMILES string of the molecule is CC1(C)c2c(ccc3cc(-c4ccc(-c5ccc6ccc7cccc8ccc5c6c78)cc4)ccc23)-c2c1c1ccccc1c1ccccc21. The highest BCUT2D eigenvalue weighted by Gasteiger charge is 2.39. The molecule has 10 aromatic carbocycles. The molecule has 1 aliphatic carbocycles. The van der Waals surface area contributed by atoms with Crippen LogP contribution in [0.15, 0.2) is 158 Å². The van der Waals surface area contributed by atoms with Crippen molar-refractivity contribution in [3.05, 3.63) is 169 Å². The molecule has 0 unspecified atom stereocenters. The van der Waals surface area contributed by atoms with Gasteiger partial charge in [-0.3, -0.25) is 0 Å². The summed E-state index contributed by atoms with van der Waals surface area (Å²) in [6.07, 6.45) is 0. The molecule has 0 aromatic heterocycles. The lowest BCUT2D eigenvalue weighted by Crippen LogP contribution is -2.16. The van der Waals surface area contributed by atoms with Crippen LogP contribution < -0.4 is 0 Å². The Morgan fingerprint density at radius 3 is 1.65 bits per heavy atom. The van der Waals surface area contributed by atoms with Crippen molar-refractivity contribution in [1.82, 2.24) is 0 Å². The van der Waals surface area contributed by atoms with Crippen molar-refractivity contribution in [2.45, 2.75) is 19.3 Å². The molecular formula is C49H32. The monoisotopic (exact) mass is 620 g/mol. The zero-order valence-corrected chi connectivity index (χ0v) is 27.5. The van der Waals surface area contributed by atoms with Crippen molar-refractivity contribution in [1.29, 1.82) is 0 Å². The summed E-state index contributed by atoms with van der Waals surface area (Å²) in [7, 11) is 0. The molecule has 0 nitrogen and oxygen atoms in total. The van der Waals surface area contributed by atoms with Gasteiger partial charge < -0.3 is 0 Å². The maximum atomic E-state index is 2.42. The van der Waals surface area contributed by atoms with Crippen molar-refractivity contribution in [3.63, 3.8) is 0 Å². The second-order valence-corrected chi connectivity index (χ2v) is 14.4. The first-order valence-electron chi connectivity index (χ1n) is 17.4. The first-order valence-corrected chi connectivity index (χ1v) is 17.4. The fourth-order valence-electron chi connectivity index (χ4n) is 9.42. The molecule has 0 bridgehead atoms. The quantitative estimate of drug-likeness (QED) is 0.169. The summed E-state index contributed by atoms with van der Waals surface area (Å²) in [5.41, 5.74) is 10.6.